The summed E-state index contributed by atoms with van der Waals surface area (Å²) in [4.78, 5) is 16.1. The van der Waals surface area contributed by atoms with Gasteiger partial charge in [-0.2, -0.15) is 0 Å². The zero-order chi connectivity index (χ0) is 17.6. The highest BCUT2D eigenvalue weighted by Gasteiger charge is 2.05. The van der Waals surface area contributed by atoms with E-state index in [1.165, 1.54) is 0 Å². The predicted molar refractivity (Wildman–Crippen MR) is 100 cm³/mol. The third kappa shape index (κ3) is 4.04. The molecule has 0 aliphatic carbocycles. The summed E-state index contributed by atoms with van der Waals surface area (Å²) in [6.07, 6.45) is 3.88. The smallest absolute Gasteiger partial charge is 0.338 e. The van der Waals surface area contributed by atoms with E-state index in [4.69, 9.17) is 4.74 Å². The lowest BCUT2D eigenvalue weighted by molar-refractivity contribution is 0.0526. The summed E-state index contributed by atoms with van der Waals surface area (Å²) in [5.74, 6) is -0.311. The van der Waals surface area contributed by atoms with Gasteiger partial charge in [0.05, 0.1) is 17.9 Å². The maximum absolute atomic E-state index is 11.6. The topological polar surface area (TPSA) is 43.6 Å². The zero-order valence-electron chi connectivity index (χ0n) is 14.3. The van der Waals surface area contributed by atoms with Crippen LogP contribution in [-0.4, -0.2) is 23.4 Å². The molecule has 0 saturated carbocycles. The Morgan fingerprint density at radius 3 is 2.52 bits per heavy atom. The number of carbonyl (C=O) groups excluding carboxylic acids is 1. The summed E-state index contributed by atoms with van der Waals surface area (Å²) in [6, 6.07) is 19.4. The van der Waals surface area contributed by atoms with Gasteiger partial charge >= 0.3 is 5.97 Å². The van der Waals surface area contributed by atoms with Crippen molar-refractivity contribution in [1.29, 1.82) is 0 Å². The number of nitrogens with zero attached hydrogens (tertiary/aromatic N) is 2. The molecule has 3 aromatic rings. The van der Waals surface area contributed by atoms with Crippen molar-refractivity contribution in [2.45, 2.75) is 13.8 Å². The van der Waals surface area contributed by atoms with Crippen LogP contribution in [0.3, 0.4) is 0 Å². The number of hydrogen-bond donors (Lipinski definition) is 0. The molecule has 0 radical (unpaired) electrons. The second-order valence-corrected chi connectivity index (χ2v) is 5.65. The van der Waals surface area contributed by atoms with Gasteiger partial charge in [-0.1, -0.05) is 18.2 Å². The largest absolute Gasteiger partial charge is 0.462 e. The third-order valence-corrected chi connectivity index (χ3v) is 3.81. The molecule has 4 nitrogen and oxygen atoms in total. The van der Waals surface area contributed by atoms with E-state index in [1.807, 2.05) is 36.5 Å². The summed E-state index contributed by atoms with van der Waals surface area (Å²) in [5.41, 5.74) is 4.62. The molecule has 0 amide bonds. The maximum atomic E-state index is 11.6. The van der Waals surface area contributed by atoms with Crippen LogP contribution in [0, 0.1) is 6.92 Å². The Morgan fingerprint density at radius 1 is 1.12 bits per heavy atom. The van der Waals surface area contributed by atoms with Gasteiger partial charge in [-0.25, -0.2) is 4.79 Å². The minimum Gasteiger partial charge on any atom is -0.462 e. The normalized spacial score (nSPS) is 11.0. The highest BCUT2D eigenvalue weighted by molar-refractivity contribution is 5.90. The van der Waals surface area contributed by atoms with E-state index in [1.54, 1.807) is 19.1 Å². The van der Waals surface area contributed by atoms with Crippen LogP contribution in [0.15, 0.2) is 71.9 Å². The molecule has 0 unspecified atom stereocenters. The van der Waals surface area contributed by atoms with Crippen molar-refractivity contribution in [3.8, 4) is 5.69 Å². The summed E-state index contributed by atoms with van der Waals surface area (Å²) < 4.78 is 7.11. The molecule has 4 heteroatoms. The molecule has 0 N–H and O–H groups in total. The molecule has 126 valence electrons. The number of para-hydroxylation sites is 1. The number of ether oxygens (including phenoxy) is 1. The molecule has 1 aromatic heterocycles. The van der Waals surface area contributed by atoms with Crippen LogP contribution in [0.1, 0.15) is 28.5 Å². The molecule has 2 aromatic carbocycles. The average Bonchev–Trinajstić information content (AvgIpc) is 3.02. The number of hydrogen-bond acceptors (Lipinski definition) is 3. The minimum absolute atomic E-state index is 0.311. The van der Waals surface area contributed by atoms with E-state index in [-0.39, 0.29) is 5.97 Å². The summed E-state index contributed by atoms with van der Waals surface area (Å²) in [5, 5.41) is 0. The Kier molecular flexibility index (Phi) is 5.09. The molecule has 0 bridgehead atoms. The fourth-order valence-corrected chi connectivity index (χ4v) is 2.58. The van der Waals surface area contributed by atoms with Crippen LogP contribution in [0.2, 0.25) is 0 Å². The highest BCUT2D eigenvalue weighted by Crippen LogP contribution is 2.17. The third-order valence-electron chi connectivity index (χ3n) is 3.81. The SMILES string of the molecule is CCOC(=O)c1ccc(N=Cc2cc(C)n(-c3ccccc3)c2)cc1. The van der Waals surface area contributed by atoms with Gasteiger partial charge in [-0.05, 0) is 56.3 Å². The molecule has 0 atom stereocenters. The van der Waals surface area contributed by atoms with Gasteiger partial charge in [0, 0.05) is 29.4 Å². The average molecular weight is 332 g/mol. The maximum Gasteiger partial charge on any atom is 0.338 e. The summed E-state index contributed by atoms with van der Waals surface area (Å²) >= 11 is 0. The van der Waals surface area contributed by atoms with E-state index in [0.29, 0.717) is 12.2 Å². The Hall–Kier alpha value is -3.14. The predicted octanol–water partition coefficient (Wildman–Crippen LogP) is 4.71. The Morgan fingerprint density at radius 2 is 1.84 bits per heavy atom. The quantitative estimate of drug-likeness (QED) is 0.501. The molecular weight excluding hydrogens is 312 g/mol. The van der Waals surface area contributed by atoms with Crippen molar-refractivity contribution < 1.29 is 9.53 Å². The van der Waals surface area contributed by atoms with Gasteiger partial charge in [0.15, 0.2) is 0 Å². The molecule has 3 rings (SSSR count). The van der Waals surface area contributed by atoms with Crippen LogP contribution in [-0.2, 0) is 4.74 Å². The van der Waals surface area contributed by atoms with E-state index >= 15 is 0 Å². The van der Waals surface area contributed by atoms with Gasteiger partial charge in [-0.15, -0.1) is 0 Å². The lowest BCUT2D eigenvalue weighted by atomic mass is 10.2. The lowest BCUT2D eigenvalue weighted by Gasteiger charge is -2.04. The van der Waals surface area contributed by atoms with E-state index in [2.05, 4.69) is 40.9 Å². The van der Waals surface area contributed by atoms with Gasteiger partial charge < -0.3 is 9.30 Å². The number of aliphatic imine (C=N–C) groups is 1. The van der Waals surface area contributed by atoms with Gasteiger partial charge in [0.1, 0.15) is 0 Å². The van der Waals surface area contributed by atoms with E-state index in [0.717, 1.165) is 22.6 Å². The Bertz CT molecular complexity index is 878. The van der Waals surface area contributed by atoms with Crippen LogP contribution in [0.4, 0.5) is 5.69 Å². The molecule has 25 heavy (non-hydrogen) atoms. The Labute approximate surface area is 147 Å². The van der Waals surface area contributed by atoms with Crippen molar-refractivity contribution in [3.05, 3.63) is 83.7 Å². The van der Waals surface area contributed by atoms with E-state index < -0.39 is 0 Å². The fourth-order valence-electron chi connectivity index (χ4n) is 2.58. The number of aryl methyl sites for hydroxylation is 1. The minimum atomic E-state index is -0.311. The highest BCUT2D eigenvalue weighted by atomic mass is 16.5. The van der Waals surface area contributed by atoms with Crippen LogP contribution >= 0.6 is 0 Å². The van der Waals surface area contributed by atoms with Gasteiger partial charge in [0.2, 0.25) is 0 Å². The van der Waals surface area contributed by atoms with Gasteiger partial charge in [-0.3, -0.25) is 4.99 Å². The second kappa shape index (κ2) is 7.62. The van der Waals surface area contributed by atoms with Gasteiger partial charge in [0.25, 0.3) is 0 Å². The van der Waals surface area contributed by atoms with Crippen molar-refractivity contribution in [2.24, 2.45) is 4.99 Å². The molecule has 1 heterocycles. The second-order valence-electron chi connectivity index (χ2n) is 5.65. The fraction of sp³-hybridized carbons (Fsp3) is 0.143. The van der Waals surface area contributed by atoms with Crippen molar-refractivity contribution in [1.82, 2.24) is 4.57 Å². The first kappa shape index (κ1) is 16.7. The molecule has 0 spiro atoms. The first-order chi connectivity index (χ1) is 12.2. The number of aromatic nitrogens is 1. The van der Waals surface area contributed by atoms with Crippen LogP contribution in [0.25, 0.3) is 5.69 Å². The standard InChI is InChI=1S/C21H20N2O2/c1-3-25-21(24)18-9-11-19(12-10-18)22-14-17-13-16(2)23(15-17)20-7-5-4-6-8-20/h4-15H,3H2,1-2H3. The lowest BCUT2D eigenvalue weighted by Crippen LogP contribution is -2.03. The van der Waals surface area contributed by atoms with Crippen molar-refractivity contribution in [2.75, 3.05) is 6.61 Å². The summed E-state index contributed by atoms with van der Waals surface area (Å²) in [6.45, 7) is 4.23. The molecule has 0 fully saturated rings. The number of carbonyl (C=O) groups is 1. The Balaban J connectivity index is 1.75. The number of esters is 1. The zero-order valence-corrected chi connectivity index (χ0v) is 14.3. The first-order valence-corrected chi connectivity index (χ1v) is 8.23. The van der Waals surface area contributed by atoms with Crippen LogP contribution < -0.4 is 0 Å². The molecule has 0 aliphatic rings. The van der Waals surface area contributed by atoms with Crippen molar-refractivity contribution >= 4 is 17.9 Å². The molecule has 0 aliphatic heterocycles. The monoisotopic (exact) mass is 332 g/mol. The number of rotatable bonds is 5. The molecule has 0 saturated heterocycles. The van der Waals surface area contributed by atoms with Crippen molar-refractivity contribution in [3.63, 3.8) is 0 Å². The molecular formula is C21H20N2O2. The van der Waals surface area contributed by atoms with E-state index in [9.17, 15) is 4.79 Å². The first-order valence-electron chi connectivity index (χ1n) is 8.23. The summed E-state index contributed by atoms with van der Waals surface area (Å²) in [7, 11) is 0. The number of benzene rings is 2. The van der Waals surface area contributed by atoms with Crippen LogP contribution in [0.5, 0.6) is 0 Å².